The average molecular weight is 612 g/mol. The Hall–Kier alpha value is -5.38. The van der Waals surface area contributed by atoms with Gasteiger partial charge in [0.1, 0.15) is 5.00 Å². The Morgan fingerprint density at radius 3 is 2.33 bits per heavy atom. The van der Waals surface area contributed by atoms with Gasteiger partial charge in [0.25, 0.3) is 5.69 Å². The average Bonchev–Trinajstić information content (AvgIpc) is 3.36. The molecule has 0 aliphatic heterocycles. The number of nitrogens with one attached hydrogen (secondary N) is 2. The van der Waals surface area contributed by atoms with Gasteiger partial charge < -0.3 is 19.5 Å². The van der Waals surface area contributed by atoms with E-state index in [1.54, 1.807) is 6.92 Å². The predicted molar refractivity (Wildman–Crippen MR) is 154 cm³/mol. The molecule has 4 rings (SSSR count). The number of rotatable bonds is 9. The molecule has 15 nitrogen and oxygen atoms in total. The molecule has 0 fully saturated rings. The van der Waals surface area contributed by atoms with Crippen molar-refractivity contribution in [2.75, 3.05) is 19.5 Å². The minimum Gasteiger partial charge on any atom is -0.493 e. The summed E-state index contributed by atoms with van der Waals surface area (Å²) in [7, 11) is 2.58. The van der Waals surface area contributed by atoms with Crippen molar-refractivity contribution in [3.63, 3.8) is 0 Å². The van der Waals surface area contributed by atoms with Gasteiger partial charge in [0, 0.05) is 16.5 Å². The van der Waals surface area contributed by atoms with Crippen LogP contribution in [0.3, 0.4) is 0 Å². The smallest absolute Gasteiger partial charge is 0.341 e. The molecule has 0 saturated carbocycles. The molecule has 224 valence electrons. The molecular formula is C27H25N5O10S. The first-order valence-corrected chi connectivity index (χ1v) is 13.5. The van der Waals surface area contributed by atoms with Gasteiger partial charge in [-0.3, -0.25) is 29.8 Å². The number of benzene rings is 2. The Labute approximate surface area is 247 Å². The third-order valence-corrected chi connectivity index (χ3v) is 7.68. The van der Waals surface area contributed by atoms with E-state index in [2.05, 4.69) is 15.8 Å². The zero-order chi connectivity index (χ0) is 31.3. The fraction of sp³-hybridized carbons (Fsp3) is 0.259. The molecule has 1 aromatic heterocycles. The number of nitrogens with zero attached hydrogens (tertiary/aromatic N) is 3. The summed E-state index contributed by atoms with van der Waals surface area (Å²) in [6.07, 6.45) is 3.32. The topological polar surface area (TPSA) is 202 Å². The van der Waals surface area contributed by atoms with Crippen molar-refractivity contribution in [3.8, 4) is 17.2 Å². The Kier molecular flexibility index (Phi) is 9.29. The highest BCUT2D eigenvalue weighted by Gasteiger charge is 2.28. The van der Waals surface area contributed by atoms with Crippen LogP contribution in [0.5, 0.6) is 17.2 Å². The highest BCUT2D eigenvalue weighted by Crippen LogP contribution is 2.39. The van der Waals surface area contributed by atoms with Crippen LogP contribution in [-0.4, -0.2) is 47.6 Å². The number of nitro benzene ring substituents is 2. The first-order chi connectivity index (χ1) is 20.5. The number of non-ortho nitro benzene ring substituents is 1. The molecule has 3 aromatic rings. The number of ether oxygens (including phenoxy) is 3. The lowest BCUT2D eigenvalue weighted by molar-refractivity contribution is -0.394. The second-order valence-corrected chi connectivity index (χ2v) is 10.2. The van der Waals surface area contributed by atoms with Gasteiger partial charge in [0.15, 0.2) is 11.5 Å². The number of aryl methyl sites for hydroxylation is 1. The van der Waals surface area contributed by atoms with E-state index in [0.717, 1.165) is 47.9 Å². The second-order valence-electron chi connectivity index (χ2n) is 9.13. The molecule has 1 heterocycles. The predicted octanol–water partition coefficient (Wildman–Crippen LogP) is 4.51. The van der Waals surface area contributed by atoms with Crippen LogP contribution in [0.25, 0.3) is 0 Å². The number of carbonyl (C=O) groups excluding carboxylic acids is 3. The van der Waals surface area contributed by atoms with E-state index < -0.39 is 39.0 Å². The molecular weight excluding hydrogens is 586 g/mol. The van der Waals surface area contributed by atoms with E-state index in [1.807, 2.05) is 0 Å². The first kappa shape index (κ1) is 30.6. The van der Waals surface area contributed by atoms with Crippen LogP contribution in [0.1, 0.15) is 46.1 Å². The molecule has 43 heavy (non-hydrogen) atoms. The van der Waals surface area contributed by atoms with Gasteiger partial charge in [0.05, 0.1) is 41.4 Å². The number of esters is 1. The molecule has 0 unspecified atom stereocenters. The molecule has 0 radical (unpaired) electrons. The van der Waals surface area contributed by atoms with Crippen molar-refractivity contribution in [1.82, 2.24) is 5.43 Å². The highest BCUT2D eigenvalue weighted by molar-refractivity contribution is 7.17. The van der Waals surface area contributed by atoms with Crippen molar-refractivity contribution in [1.29, 1.82) is 0 Å². The van der Waals surface area contributed by atoms with E-state index in [-0.39, 0.29) is 33.5 Å². The zero-order valence-corrected chi connectivity index (χ0v) is 23.9. The number of carbonyl (C=O) groups is 3. The Bertz CT molecular complexity index is 1670. The third-order valence-electron chi connectivity index (χ3n) is 6.47. The lowest BCUT2D eigenvalue weighted by Crippen LogP contribution is -2.33. The number of hydrazone groups is 1. The third kappa shape index (κ3) is 6.75. The summed E-state index contributed by atoms with van der Waals surface area (Å²) >= 11 is 1.24. The maximum absolute atomic E-state index is 12.6. The number of thiophene rings is 1. The van der Waals surface area contributed by atoms with Crippen LogP contribution in [0.4, 0.5) is 16.4 Å². The van der Waals surface area contributed by atoms with Crippen LogP contribution >= 0.6 is 11.3 Å². The Balaban J connectivity index is 1.48. The minimum atomic E-state index is -1.07. The molecule has 2 N–H and O–H groups in total. The van der Waals surface area contributed by atoms with Crippen molar-refractivity contribution >= 4 is 51.2 Å². The van der Waals surface area contributed by atoms with Gasteiger partial charge in [-0.1, -0.05) is 0 Å². The van der Waals surface area contributed by atoms with Gasteiger partial charge in [-0.2, -0.15) is 5.10 Å². The number of hydrogen-bond donors (Lipinski definition) is 2. The molecule has 0 saturated heterocycles. The quantitative estimate of drug-likeness (QED) is 0.114. The maximum Gasteiger partial charge on any atom is 0.341 e. The SMILES string of the molecule is COC(=O)c1c(NC(=O)C(=O)N/N=C(\C)c2ccc(Oc3ccc([N+](=O)[O-])cc3[N+](=O)[O-])c(OC)c2)sc2c1CCCC2. The molecule has 0 bridgehead atoms. The van der Waals surface area contributed by atoms with Crippen LogP contribution in [-0.2, 0) is 27.2 Å². The second kappa shape index (κ2) is 13.1. The molecule has 16 heteroatoms. The molecule has 0 atom stereocenters. The number of amides is 2. The summed E-state index contributed by atoms with van der Waals surface area (Å²) in [6, 6.07) is 7.40. The summed E-state index contributed by atoms with van der Waals surface area (Å²) in [5, 5.41) is 29.1. The number of nitro groups is 2. The van der Waals surface area contributed by atoms with Gasteiger partial charge >= 0.3 is 23.5 Å². The zero-order valence-electron chi connectivity index (χ0n) is 23.1. The minimum absolute atomic E-state index is 0.0690. The number of methoxy groups -OCH3 is 2. The van der Waals surface area contributed by atoms with Crippen molar-refractivity contribution in [2.45, 2.75) is 32.6 Å². The standard InChI is InChI=1S/C27H25N5O10S/c1-14(29-30-25(34)24(33)28-26-23(27(35)41-3)17-6-4-5-7-22(17)43-26)15-8-10-20(21(12-15)40-2)42-19-11-9-16(31(36)37)13-18(19)32(38)39/h8-13H,4-7H2,1-3H3,(H,28,33)(H,30,34)/b29-14+. The lowest BCUT2D eigenvalue weighted by Gasteiger charge is -2.12. The van der Waals surface area contributed by atoms with Crippen molar-refractivity contribution in [3.05, 3.63) is 78.2 Å². The van der Waals surface area contributed by atoms with Gasteiger partial charge in [-0.15, -0.1) is 11.3 Å². The van der Waals surface area contributed by atoms with Crippen LogP contribution in [0.2, 0.25) is 0 Å². The van der Waals surface area contributed by atoms with Crippen molar-refractivity contribution < 1.29 is 38.4 Å². The van der Waals surface area contributed by atoms with Crippen LogP contribution in [0.15, 0.2) is 41.5 Å². The van der Waals surface area contributed by atoms with Gasteiger partial charge in [0.2, 0.25) is 5.75 Å². The van der Waals surface area contributed by atoms with E-state index in [0.29, 0.717) is 12.0 Å². The van der Waals surface area contributed by atoms with E-state index in [1.165, 1.54) is 43.8 Å². The number of fused-ring (bicyclic) bond motifs is 1. The summed E-state index contributed by atoms with van der Waals surface area (Å²) < 4.78 is 15.8. The number of anilines is 1. The van der Waals surface area contributed by atoms with Crippen molar-refractivity contribution in [2.24, 2.45) is 5.10 Å². The van der Waals surface area contributed by atoms with E-state index >= 15 is 0 Å². The van der Waals surface area contributed by atoms with Crippen LogP contribution < -0.4 is 20.2 Å². The molecule has 0 spiro atoms. The van der Waals surface area contributed by atoms with E-state index in [4.69, 9.17) is 14.2 Å². The molecule has 1 aliphatic carbocycles. The fourth-order valence-electron chi connectivity index (χ4n) is 4.33. The molecule has 2 amide bonds. The Morgan fingerprint density at radius 1 is 0.930 bits per heavy atom. The van der Waals surface area contributed by atoms with Gasteiger partial charge in [-0.05, 0) is 62.4 Å². The van der Waals surface area contributed by atoms with Crippen LogP contribution in [0, 0.1) is 20.2 Å². The summed E-state index contributed by atoms with van der Waals surface area (Å²) in [4.78, 5) is 59.4. The summed E-state index contributed by atoms with van der Waals surface area (Å²) in [5.41, 5.74) is 2.90. The molecule has 2 aromatic carbocycles. The largest absolute Gasteiger partial charge is 0.493 e. The normalized spacial score (nSPS) is 12.5. The monoisotopic (exact) mass is 611 g/mol. The maximum atomic E-state index is 12.6. The first-order valence-electron chi connectivity index (χ1n) is 12.7. The highest BCUT2D eigenvalue weighted by atomic mass is 32.1. The summed E-state index contributed by atoms with van der Waals surface area (Å²) in [5.74, 6) is -2.72. The Morgan fingerprint density at radius 2 is 1.65 bits per heavy atom. The van der Waals surface area contributed by atoms with Gasteiger partial charge in [-0.25, -0.2) is 10.2 Å². The lowest BCUT2D eigenvalue weighted by atomic mass is 9.95. The summed E-state index contributed by atoms with van der Waals surface area (Å²) in [6.45, 7) is 1.55. The molecule has 1 aliphatic rings. The fourth-order valence-corrected chi connectivity index (χ4v) is 5.60. The van der Waals surface area contributed by atoms with E-state index in [9.17, 15) is 34.6 Å². The number of hydrogen-bond acceptors (Lipinski definition) is 12.